The average molecular weight is 242 g/mol. The lowest BCUT2D eigenvalue weighted by Crippen LogP contribution is -2.09. The van der Waals surface area contributed by atoms with Crippen molar-refractivity contribution in [2.45, 2.75) is 18.8 Å². The van der Waals surface area contributed by atoms with E-state index >= 15 is 0 Å². The number of fused-ring (bicyclic) bond motifs is 3. The standard InChI is InChI=1S/C13H10N2OS/c16-12-10-8-3-1-2-4-9(8)17-13(10)15-11(14-12)7-5-6-7/h1-4,7H,5-6H2,(H,14,15,16). The molecule has 1 aromatic carbocycles. The molecule has 0 saturated heterocycles. The minimum Gasteiger partial charge on any atom is -0.310 e. The molecule has 4 heteroatoms. The van der Waals surface area contributed by atoms with Crippen LogP contribution in [0.15, 0.2) is 29.1 Å². The number of nitrogens with one attached hydrogen (secondary N) is 1. The number of hydrogen-bond donors (Lipinski definition) is 1. The fraction of sp³-hybridized carbons (Fsp3) is 0.231. The van der Waals surface area contributed by atoms with Gasteiger partial charge in [0.15, 0.2) is 0 Å². The number of H-pyrrole nitrogens is 1. The summed E-state index contributed by atoms with van der Waals surface area (Å²) >= 11 is 1.60. The highest BCUT2D eigenvalue weighted by Crippen LogP contribution is 2.39. The Labute approximate surface area is 101 Å². The van der Waals surface area contributed by atoms with Crippen LogP contribution in [0.4, 0.5) is 0 Å². The summed E-state index contributed by atoms with van der Waals surface area (Å²) in [6, 6.07) is 7.98. The molecular formula is C13H10N2OS. The molecule has 4 rings (SSSR count). The van der Waals surface area contributed by atoms with E-state index in [4.69, 9.17) is 0 Å². The highest BCUT2D eigenvalue weighted by atomic mass is 32.1. The number of hydrogen-bond acceptors (Lipinski definition) is 3. The molecule has 0 bridgehead atoms. The van der Waals surface area contributed by atoms with E-state index in [2.05, 4.69) is 9.97 Å². The van der Waals surface area contributed by atoms with Gasteiger partial charge in [-0.25, -0.2) is 4.98 Å². The van der Waals surface area contributed by atoms with Crippen molar-refractivity contribution in [3.63, 3.8) is 0 Å². The first-order valence-electron chi connectivity index (χ1n) is 5.74. The number of aromatic amines is 1. The maximum atomic E-state index is 12.1. The van der Waals surface area contributed by atoms with Crippen LogP contribution in [-0.2, 0) is 0 Å². The second kappa shape index (κ2) is 3.17. The van der Waals surface area contributed by atoms with Crippen LogP contribution >= 0.6 is 11.3 Å². The fourth-order valence-electron chi connectivity index (χ4n) is 2.20. The summed E-state index contributed by atoms with van der Waals surface area (Å²) < 4.78 is 1.13. The molecule has 0 aliphatic heterocycles. The maximum Gasteiger partial charge on any atom is 0.260 e. The third-order valence-corrected chi connectivity index (χ3v) is 4.30. The van der Waals surface area contributed by atoms with Gasteiger partial charge in [0.05, 0.1) is 5.39 Å². The van der Waals surface area contributed by atoms with Gasteiger partial charge in [-0.3, -0.25) is 4.79 Å². The minimum absolute atomic E-state index is 0.00866. The van der Waals surface area contributed by atoms with E-state index in [1.54, 1.807) is 11.3 Å². The van der Waals surface area contributed by atoms with Crippen LogP contribution < -0.4 is 5.56 Å². The quantitative estimate of drug-likeness (QED) is 0.713. The average Bonchev–Trinajstić information content (AvgIpc) is 3.09. The first kappa shape index (κ1) is 9.36. The largest absolute Gasteiger partial charge is 0.310 e. The Kier molecular flexibility index (Phi) is 1.74. The monoisotopic (exact) mass is 242 g/mol. The van der Waals surface area contributed by atoms with Gasteiger partial charge in [-0.05, 0) is 18.9 Å². The van der Waals surface area contributed by atoms with Crippen molar-refractivity contribution in [2.75, 3.05) is 0 Å². The summed E-state index contributed by atoms with van der Waals surface area (Å²) in [5.41, 5.74) is 0.00866. The van der Waals surface area contributed by atoms with Crippen molar-refractivity contribution in [3.8, 4) is 0 Å². The van der Waals surface area contributed by atoms with Gasteiger partial charge in [0.2, 0.25) is 0 Å². The Morgan fingerprint density at radius 1 is 1.29 bits per heavy atom. The summed E-state index contributed by atoms with van der Waals surface area (Å²) in [6.45, 7) is 0. The molecule has 1 aliphatic rings. The predicted molar refractivity (Wildman–Crippen MR) is 69.7 cm³/mol. The second-order valence-corrected chi connectivity index (χ2v) is 5.53. The van der Waals surface area contributed by atoms with E-state index in [0.29, 0.717) is 5.92 Å². The van der Waals surface area contributed by atoms with Crippen molar-refractivity contribution in [2.24, 2.45) is 0 Å². The third kappa shape index (κ3) is 1.34. The summed E-state index contributed by atoms with van der Waals surface area (Å²) in [7, 11) is 0. The summed E-state index contributed by atoms with van der Waals surface area (Å²) in [5.74, 6) is 1.35. The summed E-state index contributed by atoms with van der Waals surface area (Å²) in [5, 5.41) is 1.76. The lowest BCUT2D eigenvalue weighted by atomic mass is 10.2. The molecule has 17 heavy (non-hydrogen) atoms. The third-order valence-electron chi connectivity index (χ3n) is 3.23. The normalized spacial score (nSPS) is 15.8. The van der Waals surface area contributed by atoms with Crippen molar-refractivity contribution in [1.82, 2.24) is 9.97 Å². The maximum absolute atomic E-state index is 12.1. The van der Waals surface area contributed by atoms with E-state index < -0.39 is 0 Å². The van der Waals surface area contributed by atoms with Gasteiger partial charge in [-0.15, -0.1) is 11.3 Å². The van der Waals surface area contributed by atoms with Crippen molar-refractivity contribution in [1.29, 1.82) is 0 Å². The van der Waals surface area contributed by atoms with Crippen LogP contribution in [0.5, 0.6) is 0 Å². The number of rotatable bonds is 1. The lowest BCUT2D eigenvalue weighted by Gasteiger charge is -1.96. The second-order valence-electron chi connectivity index (χ2n) is 4.50. The van der Waals surface area contributed by atoms with E-state index in [9.17, 15) is 4.79 Å². The number of nitrogens with zero attached hydrogens (tertiary/aromatic N) is 1. The zero-order chi connectivity index (χ0) is 11.4. The molecule has 1 saturated carbocycles. The number of aromatic nitrogens is 2. The van der Waals surface area contributed by atoms with Crippen LogP contribution in [0.2, 0.25) is 0 Å². The topological polar surface area (TPSA) is 45.8 Å². The molecular weight excluding hydrogens is 232 g/mol. The van der Waals surface area contributed by atoms with Crippen molar-refractivity contribution < 1.29 is 0 Å². The van der Waals surface area contributed by atoms with E-state index in [1.165, 1.54) is 0 Å². The van der Waals surface area contributed by atoms with Crippen LogP contribution in [0, 0.1) is 0 Å². The number of benzene rings is 1. The van der Waals surface area contributed by atoms with Gasteiger partial charge in [-0.2, -0.15) is 0 Å². The zero-order valence-corrected chi connectivity index (χ0v) is 9.88. The highest BCUT2D eigenvalue weighted by molar-refractivity contribution is 7.25. The molecule has 0 unspecified atom stereocenters. The van der Waals surface area contributed by atoms with Gasteiger partial charge >= 0.3 is 0 Å². The van der Waals surface area contributed by atoms with Crippen LogP contribution in [0.25, 0.3) is 20.3 Å². The van der Waals surface area contributed by atoms with Crippen LogP contribution in [0.3, 0.4) is 0 Å². The first-order valence-corrected chi connectivity index (χ1v) is 6.56. The molecule has 0 radical (unpaired) electrons. The van der Waals surface area contributed by atoms with Gasteiger partial charge in [0.1, 0.15) is 10.7 Å². The summed E-state index contributed by atoms with van der Waals surface area (Å²) in [4.78, 5) is 20.5. The molecule has 0 spiro atoms. The summed E-state index contributed by atoms with van der Waals surface area (Å²) in [6.07, 6.45) is 2.30. The lowest BCUT2D eigenvalue weighted by molar-refractivity contribution is 0.935. The molecule has 1 N–H and O–H groups in total. The Morgan fingerprint density at radius 3 is 2.94 bits per heavy atom. The predicted octanol–water partition coefficient (Wildman–Crippen LogP) is 3.02. The molecule has 84 valence electrons. The van der Waals surface area contributed by atoms with E-state index in [1.807, 2.05) is 24.3 Å². The fourth-order valence-corrected chi connectivity index (χ4v) is 3.28. The SMILES string of the molecule is O=c1[nH]c(C2CC2)nc2sc3ccccc3c12. The van der Waals surface area contributed by atoms with E-state index in [-0.39, 0.29) is 5.56 Å². The van der Waals surface area contributed by atoms with Gasteiger partial charge in [0, 0.05) is 16.0 Å². The molecule has 2 aromatic heterocycles. The van der Waals surface area contributed by atoms with Crippen molar-refractivity contribution in [3.05, 3.63) is 40.4 Å². The Balaban J connectivity index is 2.16. The Hall–Kier alpha value is -1.68. The minimum atomic E-state index is 0.00866. The van der Waals surface area contributed by atoms with Crippen LogP contribution in [-0.4, -0.2) is 9.97 Å². The molecule has 2 heterocycles. The Morgan fingerprint density at radius 2 is 2.12 bits per heavy atom. The highest BCUT2D eigenvalue weighted by Gasteiger charge is 2.27. The van der Waals surface area contributed by atoms with Crippen LogP contribution in [0.1, 0.15) is 24.6 Å². The van der Waals surface area contributed by atoms with E-state index in [0.717, 1.165) is 39.0 Å². The molecule has 1 fully saturated rings. The number of thiophene rings is 1. The van der Waals surface area contributed by atoms with Gasteiger partial charge < -0.3 is 4.98 Å². The van der Waals surface area contributed by atoms with Crippen molar-refractivity contribution >= 4 is 31.6 Å². The van der Waals surface area contributed by atoms with Gasteiger partial charge in [0.25, 0.3) is 5.56 Å². The molecule has 0 atom stereocenters. The first-order chi connectivity index (χ1) is 8.33. The smallest absolute Gasteiger partial charge is 0.260 e. The van der Waals surface area contributed by atoms with Gasteiger partial charge in [-0.1, -0.05) is 18.2 Å². The zero-order valence-electron chi connectivity index (χ0n) is 9.06. The molecule has 0 amide bonds. The Bertz CT molecular complexity index is 783. The molecule has 3 nitrogen and oxygen atoms in total. The molecule has 3 aromatic rings. The molecule has 1 aliphatic carbocycles.